The Morgan fingerprint density at radius 1 is 1.47 bits per heavy atom. The lowest BCUT2D eigenvalue weighted by atomic mass is 10.2. The van der Waals surface area contributed by atoms with E-state index in [1.807, 2.05) is 17.6 Å². The van der Waals surface area contributed by atoms with Crippen molar-refractivity contribution in [2.75, 3.05) is 6.54 Å². The fourth-order valence-electron chi connectivity index (χ4n) is 1.53. The molecule has 0 aliphatic heterocycles. The molecule has 2 rings (SSSR count). The summed E-state index contributed by atoms with van der Waals surface area (Å²) >= 11 is 15.1. The Labute approximate surface area is 119 Å². The molecule has 0 saturated heterocycles. The van der Waals surface area contributed by atoms with Gasteiger partial charge in [-0.3, -0.25) is 0 Å². The highest BCUT2D eigenvalue weighted by atomic mass is 35.5. The molecule has 1 N–H and O–H groups in total. The number of nitrogens with one attached hydrogen (secondary N) is 1. The first-order valence-electron chi connectivity index (χ1n) is 5.23. The molecule has 6 heteroatoms. The molecular formula is C11H12Cl2N2S2. The third-order valence-electron chi connectivity index (χ3n) is 2.42. The molecule has 0 amide bonds. The summed E-state index contributed by atoms with van der Waals surface area (Å²) in [7, 11) is 0. The largest absolute Gasteiger partial charge is 0.310 e. The quantitative estimate of drug-likeness (QED) is 0.885. The minimum Gasteiger partial charge on any atom is -0.310 e. The second-order valence-electron chi connectivity index (χ2n) is 3.63. The van der Waals surface area contributed by atoms with Crippen molar-refractivity contribution in [3.8, 4) is 0 Å². The first-order valence-corrected chi connectivity index (χ1v) is 7.68. The Morgan fingerprint density at radius 2 is 2.29 bits per heavy atom. The number of thiophene rings is 1. The van der Waals surface area contributed by atoms with Crippen LogP contribution in [-0.4, -0.2) is 11.5 Å². The van der Waals surface area contributed by atoms with Crippen LogP contribution >= 0.6 is 45.9 Å². The SMILES string of the molecule is CC(NCCc1nccs1)c1cc(Cl)sc1Cl. The first kappa shape index (κ1) is 13.3. The van der Waals surface area contributed by atoms with E-state index in [9.17, 15) is 0 Å². The summed E-state index contributed by atoms with van der Waals surface area (Å²) in [5.41, 5.74) is 1.07. The van der Waals surface area contributed by atoms with E-state index >= 15 is 0 Å². The number of hydrogen-bond acceptors (Lipinski definition) is 4. The van der Waals surface area contributed by atoms with Gasteiger partial charge in [-0.1, -0.05) is 23.2 Å². The van der Waals surface area contributed by atoms with Gasteiger partial charge in [0.15, 0.2) is 0 Å². The maximum Gasteiger partial charge on any atom is 0.0991 e. The van der Waals surface area contributed by atoms with Crippen molar-refractivity contribution in [1.82, 2.24) is 10.3 Å². The average Bonchev–Trinajstić information content (AvgIpc) is 2.88. The van der Waals surface area contributed by atoms with Gasteiger partial charge >= 0.3 is 0 Å². The monoisotopic (exact) mass is 306 g/mol. The molecule has 0 aromatic carbocycles. The van der Waals surface area contributed by atoms with E-state index in [0.29, 0.717) is 0 Å². The summed E-state index contributed by atoms with van der Waals surface area (Å²) in [5.74, 6) is 0. The lowest BCUT2D eigenvalue weighted by molar-refractivity contribution is 0.578. The van der Waals surface area contributed by atoms with Crippen LogP contribution in [0.25, 0.3) is 0 Å². The standard InChI is InChI=1S/C11H12Cl2N2S2/c1-7(8-6-9(12)17-11(8)13)14-3-2-10-15-4-5-16-10/h4-7,14H,2-3H2,1H3. The Kier molecular flexibility index (Phi) is 4.82. The minimum absolute atomic E-state index is 0.214. The Hall–Kier alpha value is -0.130. The number of thiazole rings is 1. The molecule has 0 spiro atoms. The Bertz CT molecular complexity index is 468. The predicted octanol–water partition coefficient (Wildman–Crippen LogP) is 4.40. The van der Waals surface area contributed by atoms with Gasteiger partial charge < -0.3 is 5.32 Å². The fourth-order valence-corrected chi connectivity index (χ4v) is 3.80. The van der Waals surface area contributed by atoms with E-state index in [0.717, 1.165) is 32.2 Å². The molecule has 0 radical (unpaired) electrons. The molecule has 0 bridgehead atoms. The maximum absolute atomic E-state index is 6.10. The minimum atomic E-state index is 0.214. The maximum atomic E-state index is 6.10. The zero-order chi connectivity index (χ0) is 12.3. The second-order valence-corrected chi connectivity index (χ2v) is 6.90. The number of aromatic nitrogens is 1. The summed E-state index contributed by atoms with van der Waals surface area (Å²) in [4.78, 5) is 4.24. The summed E-state index contributed by atoms with van der Waals surface area (Å²) in [5, 5.41) is 6.57. The van der Waals surface area contributed by atoms with Gasteiger partial charge in [0, 0.05) is 30.6 Å². The second kappa shape index (κ2) is 6.16. The van der Waals surface area contributed by atoms with Crippen LogP contribution in [0.5, 0.6) is 0 Å². The highest BCUT2D eigenvalue weighted by Crippen LogP contribution is 2.34. The van der Waals surface area contributed by atoms with Gasteiger partial charge in [0.05, 0.1) is 13.7 Å². The fraction of sp³-hybridized carbons (Fsp3) is 0.364. The lowest BCUT2D eigenvalue weighted by Gasteiger charge is -2.12. The van der Waals surface area contributed by atoms with Crippen molar-refractivity contribution in [2.24, 2.45) is 0 Å². The van der Waals surface area contributed by atoms with Crippen molar-refractivity contribution >= 4 is 45.9 Å². The van der Waals surface area contributed by atoms with E-state index in [1.54, 1.807) is 11.3 Å². The molecule has 2 aromatic rings. The predicted molar refractivity (Wildman–Crippen MR) is 76.6 cm³/mol. The average molecular weight is 307 g/mol. The van der Waals surface area contributed by atoms with Crippen molar-refractivity contribution in [3.05, 3.63) is 36.9 Å². The zero-order valence-electron chi connectivity index (χ0n) is 9.24. The van der Waals surface area contributed by atoms with E-state index < -0.39 is 0 Å². The van der Waals surface area contributed by atoms with Crippen molar-refractivity contribution < 1.29 is 0 Å². The molecule has 2 aromatic heterocycles. The van der Waals surface area contributed by atoms with Crippen molar-refractivity contribution in [2.45, 2.75) is 19.4 Å². The van der Waals surface area contributed by atoms with Gasteiger partial charge in [0.1, 0.15) is 0 Å². The smallest absolute Gasteiger partial charge is 0.0991 e. The van der Waals surface area contributed by atoms with Crippen molar-refractivity contribution in [3.63, 3.8) is 0 Å². The highest BCUT2D eigenvalue weighted by molar-refractivity contribution is 7.20. The third-order valence-corrected chi connectivity index (χ3v) is 4.78. The molecule has 1 unspecified atom stereocenters. The number of rotatable bonds is 5. The third kappa shape index (κ3) is 3.66. The molecular weight excluding hydrogens is 295 g/mol. The van der Waals surface area contributed by atoms with Gasteiger partial charge in [-0.05, 0) is 18.6 Å². The molecule has 0 saturated carbocycles. The van der Waals surface area contributed by atoms with Gasteiger partial charge in [-0.25, -0.2) is 4.98 Å². The number of nitrogens with zero attached hydrogens (tertiary/aromatic N) is 1. The van der Waals surface area contributed by atoms with Crippen LogP contribution < -0.4 is 5.32 Å². The number of hydrogen-bond donors (Lipinski definition) is 1. The van der Waals surface area contributed by atoms with Crippen LogP contribution in [0.3, 0.4) is 0 Å². The summed E-state index contributed by atoms with van der Waals surface area (Å²) < 4.78 is 1.50. The molecule has 0 aliphatic carbocycles. The summed E-state index contributed by atoms with van der Waals surface area (Å²) in [6.07, 6.45) is 2.77. The van der Waals surface area contributed by atoms with E-state index in [1.165, 1.54) is 11.3 Å². The zero-order valence-corrected chi connectivity index (χ0v) is 12.4. The van der Waals surface area contributed by atoms with Gasteiger partial charge in [-0.2, -0.15) is 0 Å². The Balaban J connectivity index is 1.85. The normalized spacial score (nSPS) is 12.9. The topological polar surface area (TPSA) is 24.9 Å². The lowest BCUT2D eigenvalue weighted by Crippen LogP contribution is -2.21. The molecule has 0 aliphatic rings. The van der Waals surface area contributed by atoms with Gasteiger partial charge in [-0.15, -0.1) is 22.7 Å². The first-order chi connectivity index (χ1) is 8.16. The Morgan fingerprint density at radius 3 is 2.88 bits per heavy atom. The highest BCUT2D eigenvalue weighted by Gasteiger charge is 2.12. The molecule has 2 heterocycles. The van der Waals surface area contributed by atoms with E-state index in [2.05, 4.69) is 17.2 Å². The molecule has 92 valence electrons. The van der Waals surface area contributed by atoms with Crippen LogP contribution in [0.4, 0.5) is 0 Å². The van der Waals surface area contributed by atoms with Crippen LogP contribution in [-0.2, 0) is 6.42 Å². The summed E-state index contributed by atoms with van der Waals surface area (Å²) in [6.45, 7) is 2.98. The van der Waals surface area contributed by atoms with Crippen LogP contribution in [0.1, 0.15) is 23.5 Å². The van der Waals surface area contributed by atoms with Crippen LogP contribution in [0, 0.1) is 0 Å². The molecule has 1 atom stereocenters. The number of halogens is 2. The molecule has 17 heavy (non-hydrogen) atoms. The van der Waals surface area contributed by atoms with Crippen LogP contribution in [0.2, 0.25) is 8.67 Å². The molecule has 0 fully saturated rings. The van der Waals surface area contributed by atoms with Crippen LogP contribution in [0.15, 0.2) is 17.6 Å². The van der Waals surface area contributed by atoms with E-state index in [-0.39, 0.29) is 6.04 Å². The van der Waals surface area contributed by atoms with Crippen molar-refractivity contribution in [1.29, 1.82) is 0 Å². The molecule has 2 nitrogen and oxygen atoms in total. The van der Waals surface area contributed by atoms with E-state index in [4.69, 9.17) is 23.2 Å². The van der Waals surface area contributed by atoms with Gasteiger partial charge in [0.25, 0.3) is 0 Å². The van der Waals surface area contributed by atoms with Gasteiger partial charge in [0.2, 0.25) is 0 Å². The summed E-state index contributed by atoms with van der Waals surface area (Å²) in [6, 6.07) is 2.14.